The molecule has 1 aliphatic rings. The van der Waals surface area contributed by atoms with Crippen LogP contribution in [0.25, 0.3) is 21.7 Å². The number of Topliss-reactive ketones (excluding diaryl/α,β-unsaturated/α-hetero) is 1. The molecule has 3 aromatic carbocycles. The molecule has 0 atom stereocenters. The molecule has 182 valence electrons. The summed E-state index contributed by atoms with van der Waals surface area (Å²) in [6.07, 6.45) is 8.81. The number of aromatic nitrogens is 1. The van der Waals surface area contributed by atoms with Gasteiger partial charge in [-0.05, 0) is 79.3 Å². The molecule has 6 bridgehead atoms. The molecule has 0 amide bonds. The van der Waals surface area contributed by atoms with Gasteiger partial charge in [-0.3, -0.25) is 4.79 Å². The van der Waals surface area contributed by atoms with E-state index in [1.54, 1.807) is 6.92 Å². The molecule has 3 nitrogen and oxygen atoms in total. The van der Waals surface area contributed by atoms with Gasteiger partial charge < -0.3 is 9.30 Å². The van der Waals surface area contributed by atoms with Crippen LogP contribution in [0, 0.1) is 6.92 Å². The number of halogens is 1. The topological polar surface area (TPSA) is 31.2 Å². The van der Waals surface area contributed by atoms with E-state index >= 15 is 0 Å². The Labute approximate surface area is 213 Å². The highest BCUT2D eigenvalue weighted by Gasteiger charge is 2.21. The fourth-order valence-corrected chi connectivity index (χ4v) is 6.04. The van der Waals surface area contributed by atoms with Gasteiger partial charge in [-0.25, -0.2) is 0 Å². The second-order valence-corrected chi connectivity index (χ2v) is 10.3. The molecule has 0 aliphatic carbocycles. The van der Waals surface area contributed by atoms with Gasteiger partial charge in [-0.1, -0.05) is 61.2 Å². The number of carbonyl (C=O) groups excluding carboxylic acids is 1. The second kappa shape index (κ2) is 10.5. The third kappa shape index (κ3) is 4.84. The van der Waals surface area contributed by atoms with Crippen molar-refractivity contribution in [1.82, 2.24) is 4.57 Å². The highest BCUT2D eigenvalue weighted by atomic mass is 35.5. The van der Waals surface area contributed by atoms with Crippen LogP contribution in [-0.2, 0) is 19.4 Å². The maximum Gasteiger partial charge on any atom is 0.176 e. The van der Waals surface area contributed by atoms with E-state index in [4.69, 9.17) is 16.3 Å². The number of carbonyl (C=O) groups is 1. The Hall–Kier alpha value is -2.78. The largest absolute Gasteiger partial charge is 0.493 e. The van der Waals surface area contributed by atoms with E-state index in [9.17, 15) is 4.79 Å². The third-order valence-corrected chi connectivity index (χ3v) is 7.77. The van der Waals surface area contributed by atoms with Crippen LogP contribution in [0.15, 0.2) is 48.5 Å². The van der Waals surface area contributed by atoms with Crippen LogP contribution >= 0.6 is 11.6 Å². The van der Waals surface area contributed by atoms with Gasteiger partial charge >= 0.3 is 0 Å². The van der Waals surface area contributed by atoms with Crippen molar-refractivity contribution in [2.75, 3.05) is 6.61 Å². The molecule has 1 aromatic heterocycles. The molecule has 2 heterocycles. The first-order valence-electron chi connectivity index (χ1n) is 13.0. The van der Waals surface area contributed by atoms with Crippen LogP contribution in [0.1, 0.15) is 72.6 Å². The standard InChI is InChI=1S/C31H34ClNO2/c1-21-30-26-14-7-5-3-4-6-11-23-19-24-12-8-9-13-25(24)29(20-23)35-18-10-17-33(31(21)22(2)34)28(30)16-15-27(26)32/h8-9,12-13,15-16,19-20H,3-7,10-11,14,17-18H2,1-2H3. The maximum atomic E-state index is 12.7. The molecule has 0 unspecified atom stereocenters. The fraction of sp³-hybridized carbons (Fsp3) is 0.387. The Morgan fingerprint density at radius 1 is 0.943 bits per heavy atom. The molecule has 5 rings (SSSR count). The molecule has 4 heteroatoms. The minimum Gasteiger partial charge on any atom is -0.493 e. The van der Waals surface area contributed by atoms with Gasteiger partial charge in [-0.15, -0.1) is 0 Å². The second-order valence-electron chi connectivity index (χ2n) is 9.89. The van der Waals surface area contributed by atoms with Crippen molar-refractivity contribution in [3.05, 3.63) is 75.9 Å². The molecule has 0 N–H and O–H groups in total. The molecular formula is C31H34ClNO2. The first-order valence-corrected chi connectivity index (χ1v) is 13.4. The van der Waals surface area contributed by atoms with Crippen LogP contribution in [0.5, 0.6) is 5.75 Å². The van der Waals surface area contributed by atoms with E-state index in [1.165, 1.54) is 47.6 Å². The first kappa shape index (κ1) is 23.9. The predicted octanol–water partition coefficient (Wildman–Crippen LogP) is 8.48. The van der Waals surface area contributed by atoms with E-state index in [2.05, 4.69) is 54.0 Å². The fourth-order valence-electron chi connectivity index (χ4n) is 5.79. The summed E-state index contributed by atoms with van der Waals surface area (Å²) >= 11 is 6.70. The summed E-state index contributed by atoms with van der Waals surface area (Å²) in [5.74, 6) is 1.07. The van der Waals surface area contributed by atoms with Gasteiger partial charge in [0.1, 0.15) is 5.75 Å². The average Bonchev–Trinajstić information content (AvgIpc) is 3.13. The molecule has 1 aliphatic heterocycles. The first-order chi connectivity index (χ1) is 17.0. The molecule has 4 aromatic rings. The highest BCUT2D eigenvalue weighted by Crippen LogP contribution is 2.35. The van der Waals surface area contributed by atoms with Crippen molar-refractivity contribution in [3.63, 3.8) is 0 Å². The Morgan fingerprint density at radius 3 is 2.54 bits per heavy atom. The number of rotatable bonds is 1. The molecule has 35 heavy (non-hydrogen) atoms. The zero-order valence-electron chi connectivity index (χ0n) is 20.8. The van der Waals surface area contributed by atoms with E-state index in [0.29, 0.717) is 6.61 Å². The number of hydrogen-bond acceptors (Lipinski definition) is 2. The van der Waals surface area contributed by atoms with Crippen LogP contribution in [-0.4, -0.2) is 17.0 Å². The predicted molar refractivity (Wildman–Crippen MR) is 146 cm³/mol. The van der Waals surface area contributed by atoms with E-state index in [1.807, 2.05) is 6.07 Å². The monoisotopic (exact) mass is 487 g/mol. The zero-order chi connectivity index (χ0) is 24.4. The van der Waals surface area contributed by atoms with Crippen LogP contribution < -0.4 is 4.74 Å². The molecule has 0 radical (unpaired) electrons. The molecule has 0 spiro atoms. The summed E-state index contributed by atoms with van der Waals surface area (Å²) in [7, 11) is 0. The van der Waals surface area contributed by atoms with Crippen LogP contribution in [0.2, 0.25) is 5.02 Å². The van der Waals surface area contributed by atoms with Gasteiger partial charge in [0.25, 0.3) is 0 Å². The Balaban J connectivity index is 1.52. The maximum absolute atomic E-state index is 12.7. The van der Waals surface area contributed by atoms with Crippen molar-refractivity contribution >= 4 is 39.1 Å². The number of fused-ring (bicyclic) bond motifs is 4. The van der Waals surface area contributed by atoms with E-state index in [0.717, 1.165) is 65.2 Å². The van der Waals surface area contributed by atoms with Crippen molar-refractivity contribution < 1.29 is 9.53 Å². The Morgan fingerprint density at radius 2 is 1.71 bits per heavy atom. The van der Waals surface area contributed by atoms with Gasteiger partial charge in [0.15, 0.2) is 5.78 Å². The molecule has 0 saturated heterocycles. The zero-order valence-corrected chi connectivity index (χ0v) is 21.6. The summed E-state index contributed by atoms with van der Waals surface area (Å²) in [5.41, 5.74) is 5.52. The number of nitrogens with zero attached hydrogens (tertiary/aromatic N) is 1. The summed E-state index contributed by atoms with van der Waals surface area (Å²) in [6, 6.07) is 17.1. The smallest absolute Gasteiger partial charge is 0.176 e. The van der Waals surface area contributed by atoms with Crippen molar-refractivity contribution in [2.24, 2.45) is 0 Å². The minimum atomic E-state index is 0.103. The lowest BCUT2D eigenvalue weighted by atomic mass is 9.98. The number of aryl methyl sites for hydroxylation is 4. The summed E-state index contributed by atoms with van der Waals surface area (Å²) in [6.45, 7) is 5.08. The summed E-state index contributed by atoms with van der Waals surface area (Å²) in [4.78, 5) is 12.7. The summed E-state index contributed by atoms with van der Waals surface area (Å²) in [5, 5.41) is 4.39. The van der Waals surface area contributed by atoms with Gasteiger partial charge in [-0.2, -0.15) is 0 Å². The molecule has 0 fully saturated rings. The lowest BCUT2D eigenvalue weighted by molar-refractivity contribution is 0.100. The van der Waals surface area contributed by atoms with E-state index < -0.39 is 0 Å². The third-order valence-electron chi connectivity index (χ3n) is 7.42. The number of benzene rings is 3. The van der Waals surface area contributed by atoms with Crippen molar-refractivity contribution in [3.8, 4) is 5.75 Å². The van der Waals surface area contributed by atoms with Crippen LogP contribution in [0.3, 0.4) is 0 Å². The molecular weight excluding hydrogens is 454 g/mol. The van der Waals surface area contributed by atoms with Crippen molar-refractivity contribution in [2.45, 2.75) is 71.8 Å². The number of hydrogen-bond donors (Lipinski definition) is 0. The Bertz CT molecular complexity index is 1380. The Kier molecular flexibility index (Phi) is 7.15. The SMILES string of the molecule is CC(=O)c1c(C)c2c3c(Cl)ccc2n1CCCOc1cc(cc2ccccc12)CCCCCCC3. The lowest BCUT2D eigenvalue weighted by Crippen LogP contribution is -2.10. The number of ether oxygens (including phenoxy) is 1. The van der Waals surface area contributed by atoms with Gasteiger partial charge in [0, 0.05) is 34.8 Å². The summed E-state index contributed by atoms with van der Waals surface area (Å²) < 4.78 is 8.55. The minimum absolute atomic E-state index is 0.103. The van der Waals surface area contributed by atoms with Crippen molar-refractivity contribution in [1.29, 1.82) is 0 Å². The average molecular weight is 488 g/mol. The van der Waals surface area contributed by atoms with Crippen LogP contribution in [0.4, 0.5) is 0 Å². The van der Waals surface area contributed by atoms with Gasteiger partial charge in [0.05, 0.1) is 12.3 Å². The lowest BCUT2D eigenvalue weighted by Gasteiger charge is -2.14. The van der Waals surface area contributed by atoms with Gasteiger partial charge in [0.2, 0.25) is 0 Å². The normalized spacial score (nSPS) is 15.6. The number of ketones is 1. The quantitative estimate of drug-likeness (QED) is 0.252. The van der Waals surface area contributed by atoms with E-state index in [-0.39, 0.29) is 5.78 Å². The highest BCUT2D eigenvalue weighted by molar-refractivity contribution is 6.32. The molecule has 0 saturated carbocycles.